The average Bonchev–Trinajstić information content (AvgIpc) is 2.45. The predicted octanol–water partition coefficient (Wildman–Crippen LogP) is 4.43. The molecule has 0 aliphatic rings. The van der Waals surface area contributed by atoms with Crippen molar-refractivity contribution in [1.29, 1.82) is 0 Å². The van der Waals surface area contributed by atoms with Gasteiger partial charge in [-0.25, -0.2) is 4.98 Å². The Morgan fingerprint density at radius 2 is 1.90 bits per heavy atom. The first-order valence-electron chi connectivity index (χ1n) is 6.46. The maximum absolute atomic E-state index is 12.2. The molecule has 0 aliphatic heterocycles. The van der Waals surface area contributed by atoms with Crippen LogP contribution in [0.5, 0.6) is 5.75 Å². The summed E-state index contributed by atoms with van der Waals surface area (Å²) in [5.41, 5.74) is 0.935. The fraction of sp³-hybridized carbons (Fsp3) is 0.200. The van der Waals surface area contributed by atoms with Gasteiger partial charge in [0.05, 0.1) is 12.3 Å². The summed E-state index contributed by atoms with van der Waals surface area (Å²) in [6, 6.07) is 10.2. The van der Waals surface area contributed by atoms with Crippen LogP contribution in [-0.4, -0.2) is 17.5 Å². The molecular weight excluding hydrogens is 311 g/mol. The third-order valence-corrected chi connectivity index (χ3v) is 3.01. The predicted molar refractivity (Wildman–Crippen MR) is 84.4 cm³/mol. The van der Waals surface area contributed by atoms with Crippen LogP contribution in [0.2, 0.25) is 10.3 Å². The highest BCUT2D eigenvalue weighted by molar-refractivity contribution is 6.33. The Balaban J connectivity index is 2.19. The van der Waals surface area contributed by atoms with Crippen LogP contribution in [0.25, 0.3) is 0 Å². The van der Waals surface area contributed by atoms with Crippen LogP contribution in [0.4, 0.5) is 5.69 Å². The molecule has 0 saturated carbocycles. The molecule has 0 radical (unpaired) electrons. The van der Waals surface area contributed by atoms with E-state index in [0.717, 1.165) is 6.42 Å². The molecule has 0 aliphatic carbocycles. The van der Waals surface area contributed by atoms with E-state index in [-0.39, 0.29) is 16.2 Å². The summed E-state index contributed by atoms with van der Waals surface area (Å²) in [6.45, 7) is 2.60. The van der Waals surface area contributed by atoms with E-state index < -0.39 is 0 Å². The number of carbonyl (C=O) groups excluding carboxylic acids is 1. The van der Waals surface area contributed by atoms with E-state index in [9.17, 15) is 4.79 Å². The summed E-state index contributed by atoms with van der Waals surface area (Å²) in [7, 11) is 0. The first-order valence-corrected chi connectivity index (χ1v) is 7.22. The molecule has 1 aromatic heterocycles. The lowest BCUT2D eigenvalue weighted by Crippen LogP contribution is -2.13. The Morgan fingerprint density at radius 3 is 2.57 bits per heavy atom. The lowest BCUT2D eigenvalue weighted by atomic mass is 10.2. The largest absolute Gasteiger partial charge is 0.491 e. The number of hydrogen-bond acceptors (Lipinski definition) is 3. The Morgan fingerprint density at radius 1 is 1.24 bits per heavy atom. The quantitative estimate of drug-likeness (QED) is 0.828. The molecule has 1 N–H and O–H groups in total. The monoisotopic (exact) mass is 324 g/mol. The Labute approximate surface area is 133 Å². The fourth-order valence-electron chi connectivity index (χ4n) is 1.70. The first kappa shape index (κ1) is 15.6. The van der Waals surface area contributed by atoms with Crippen molar-refractivity contribution in [2.24, 2.45) is 0 Å². The molecule has 1 aromatic carbocycles. The third kappa shape index (κ3) is 4.34. The molecule has 0 saturated heterocycles. The number of ether oxygens (including phenoxy) is 1. The van der Waals surface area contributed by atoms with Gasteiger partial charge in [-0.1, -0.05) is 42.3 Å². The van der Waals surface area contributed by atoms with Crippen molar-refractivity contribution >= 4 is 34.8 Å². The number of carbonyl (C=O) groups is 1. The highest BCUT2D eigenvalue weighted by Gasteiger charge is 2.11. The summed E-state index contributed by atoms with van der Waals surface area (Å²) in [6.07, 6.45) is 0.887. The summed E-state index contributed by atoms with van der Waals surface area (Å²) >= 11 is 11.6. The van der Waals surface area contributed by atoms with Gasteiger partial charge in [-0.2, -0.15) is 0 Å². The van der Waals surface area contributed by atoms with E-state index in [1.807, 2.05) is 19.1 Å². The summed E-state index contributed by atoms with van der Waals surface area (Å²) in [5.74, 6) is 0.299. The smallest absolute Gasteiger partial charge is 0.255 e. The van der Waals surface area contributed by atoms with Crippen molar-refractivity contribution in [3.8, 4) is 5.75 Å². The molecule has 0 spiro atoms. The average molecular weight is 325 g/mol. The SMILES string of the molecule is CCCOc1ccccc1NC(=O)c1cc(Cl)nc(Cl)c1. The van der Waals surface area contributed by atoms with Crippen molar-refractivity contribution in [1.82, 2.24) is 4.98 Å². The minimum atomic E-state index is -0.325. The molecule has 6 heteroatoms. The fourth-order valence-corrected chi connectivity index (χ4v) is 2.16. The van der Waals surface area contributed by atoms with Crippen molar-refractivity contribution in [2.75, 3.05) is 11.9 Å². The van der Waals surface area contributed by atoms with Gasteiger partial charge in [0.2, 0.25) is 0 Å². The summed E-state index contributed by atoms with van der Waals surface area (Å²) in [4.78, 5) is 16.0. The number of rotatable bonds is 5. The molecular formula is C15H14Cl2N2O2. The number of halogens is 2. The number of pyridine rings is 1. The number of benzene rings is 1. The number of nitrogens with zero attached hydrogens (tertiary/aromatic N) is 1. The number of amides is 1. The van der Waals surface area contributed by atoms with Gasteiger partial charge in [-0.05, 0) is 30.7 Å². The van der Waals surface area contributed by atoms with Gasteiger partial charge in [0.15, 0.2) is 0 Å². The van der Waals surface area contributed by atoms with E-state index >= 15 is 0 Å². The Kier molecular flexibility index (Phi) is 5.42. The molecule has 0 fully saturated rings. The number of anilines is 1. The van der Waals surface area contributed by atoms with Crippen LogP contribution in [0.3, 0.4) is 0 Å². The molecule has 2 aromatic rings. The van der Waals surface area contributed by atoms with Crippen molar-refractivity contribution < 1.29 is 9.53 Å². The van der Waals surface area contributed by atoms with E-state index in [0.29, 0.717) is 23.6 Å². The molecule has 4 nitrogen and oxygen atoms in total. The summed E-state index contributed by atoms with van der Waals surface area (Å²) < 4.78 is 5.59. The molecule has 0 unspecified atom stereocenters. The van der Waals surface area contributed by atoms with Crippen molar-refractivity contribution in [3.63, 3.8) is 0 Å². The molecule has 21 heavy (non-hydrogen) atoms. The van der Waals surface area contributed by atoms with Gasteiger partial charge >= 0.3 is 0 Å². The van der Waals surface area contributed by atoms with Gasteiger partial charge in [0.1, 0.15) is 16.1 Å². The first-order chi connectivity index (χ1) is 10.1. The van der Waals surface area contributed by atoms with Gasteiger partial charge in [0.25, 0.3) is 5.91 Å². The Hall–Kier alpha value is -1.78. The molecule has 1 amide bonds. The zero-order chi connectivity index (χ0) is 15.2. The molecule has 1 heterocycles. The van der Waals surface area contributed by atoms with Crippen LogP contribution in [0, 0.1) is 0 Å². The van der Waals surface area contributed by atoms with Crippen molar-refractivity contribution in [2.45, 2.75) is 13.3 Å². The second kappa shape index (κ2) is 7.29. The second-order valence-electron chi connectivity index (χ2n) is 4.30. The normalized spacial score (nSPS) is 10.2. The van der Waals surface area contributed by atoms with E-state index in [1.165, 1.54) is 12.1 Å². The van der Waals surface area contributed by atoms with Gasteiger partial charge in [-0.3, -0.25) is 4.79 Å². The summed E-state index contributed by atoms with van der Waals surface area (Å²) in [5, 5.41) is 3.12. The number of para-hydroxylation sites is 2. The topological polar surface area (TPSA) is 51.2 Å². The van der Waals surface area contributed by atoms with Crippen LogP contribution in [-0.2, 0) is 0 Å². The van der Waals surface area contributed by atoms with Crippen LogP contribution in [0.1, 0.15) is 23.7 Å². The van der Waals surface area contributed by atoms with Gasteiger partial charge in [0, 0.05) is 5.56 Å². The second-order valence-corrected chi connectivity index (χ2v) is 5.07. The van der Waals surface area contributed by atoms with Crippen LogP contribution >= 0.6 is 23.2 Å². The minimum absolute atomic E-state index is 0.170. The Bertz CT molecular complexity index is 627. The van der Waals surface area contributed by atoms with Gasteiger partial charge < -0.3 is 10.1 Å². The van der Waals surface area contributed by atoms with Crippen molar-refractivity contribution in [3.05, 3.63) is 52.3 Å². The highest BCUT2D eigenvalue weighted by atomic mass is 35.5. The number of nitrogens with one attached hydrogen (secondary N) is 1. The van der Waals surface area contributed by atoms with Crippen LogP contribution < -0.4 is 10.1 Å². The lowest BCUT2D eigenvalue weighted by Gasteiger charge is -2.12. The maximum atomic E-state index is 12.2. The van der Waals surface area contributed by atoms with Crippen LogP contribution in [0.15, 0.2) is 36.4 Å². The number of hydrogen-bond donors (Lipinski definition) is 1. The molecule has 0 atom stereocenters. The van der Waals surface area contributed by atoms with Gasteiger partial charge in [-0.15, -0.1) is 0 Å². The molecule has 0 bridgehead atoms. The van der Waals surface area contributed by atoms with E-state index in [1.54, 1.807) is 12.1 Å². The zero-order valence-electron chi connectivity index (χ0n) is 11.4. The number of aromatic nitrogens is 1. The standard InChI is InChI=1S/C15H14Cl2N2O2/c1-2-7-21-12-6-4-3-5-11(12)18-15(20)10-8-13(16)19-14(17)9-10/h3-6,8-9H,2,7H2,1H3,(H,18,20). The third-order valence-electron chi connectivity index (χ3n) is 2.62. The zero-order valence-corrected chi connectivity index (χ0v) is 12.9. The highest BCUT2D eigenvalue weighted by Crippen LogP contribution is 2.25. The molecule has 110 valence electrons. The molecule has 2 rings (SSSR count). The maximum Gasteiger partial charge on any atom is 0.255 e. The van der Waals surface area contributed by atoms with E-state index in [4.69, 9.17) is 27.9 Å². The van der Waals surface area contributed by atoms with E-state index in [2.05, 4.69) is 10.3 Å². The minimum Gasteiger partial charge on any atom is -0.491 e. The lowest BCUT2D eigenvalue weighted by molar-refractivity contribution is 0.102.